The quantitative estimate of drug-likeness (QED) is 0.663. The molecule has 0 radical (unpaired) electrons. The number of benzene rings is 1. The molecule has 150 valence electrons. The number of carbonyl (C=O) groups excluding carboxylic acids is 1. The van der Waals surface area contributed by atoms with E-state index in [1.807, 2.05) is 4.90 Å². The van der Waals surface area contributed by atoms with Gasteiger partial charge in [-0.25, -0.2) is 4.98 Å². The van der Waals surface area contributed by atoms with E-state index in [0.717, 1.165) is 37.6 Å². The maximum atomic E-state index is 12.5. The molecular formula is C20H24Cl2N4O2. The monoisotopic (exact) mass is 422 g/mol. The van der Waals surface area contributed by atoms with Gasteiger partial charge in [-0.3, -0.25) is 9.89 Å². The zero-order valence-corrected chi connectivity index (χ0v) is 17.2. The summed E-state index contributed by atoms with van der Waals surface area (Å²) >= 11 is 12.0. The first kappa shape index (κ1) is 19.5. The number of hydrogen-bond donors (Lipinski definition) is 1. The third-order valence-corrected chi connectivity index (χ3v) is 5.91. The number of rotatable bonds is 7. The van der Waals surface area contributed by atoms with E-state index in [1.165, 1.54) is 12.8 Å². The van der Waals surface area contributed by atoms with Crippen LogP contribution in [0.5, 0.6) is 5.75 Å². The predicted octanol–water partition coefficient (Wildman–Crippen LogP) is 4.55. The van der Waals surface area contributed by atoms with Crippen LogP contribution in [0.1, 0.15) is 62.0 Å². The lowest BCUT2D eigenvalue weighted by molar-refractivity contribution is -0.132. The number of nitrogens with one attached hydrogen (secondary N) is 1. The molecule has 0 bridgehead atoms. The number of halogens is 2. The first-order valence-electron chi connectivity index (χ1n) is 9.88. The minimum absolute atomic E-state index is 0.181. The SMILES string of the molecule is O=C(CCCOc1ccc(Cl)cc1Cl)N1CCC(c2nc(C3CC3)n[nH]2)CC1. The van der Waals surface area contributed by atoms with Crippen LogP contribution in [0.15, 0.2) is 18.2 Å². The lowest BCUT2D eigenvalue weighted by Gasteiger charge is -2.31. The number of H-pyrrole nitrogens is 1. The zero-order chi connectivity index (χ0) is 19.5. The van der Waals surface area contributed by atoms with E-state index in [2.05, 4.69) is 15.2 Å². The van der Waals surface area contributed by atoms with Gasteiger partial charge in [-0.2, -0.15) is 5.10 Å². The molecule has 1 aliphatic carbocycles. The standard InChI is InChI=1S/C20H24Cl2N4O2/c21-15-5-6-17(16(22)12-15)28-11-1-2-18(27)26-9-7-14(8-10-26)20-23-19(24-25-20)13-3-4-13/h5-6,12-14H,1-4,7-11H2,(H,23,24,25). The van der Waals surface area contributed by atoms with Crippen molar-refractivity contribution < 1.29 is 9.53 Å². The van der Waals surface area contributed by atoms with Gasteiger partial charge < -0.3 is 9.64 Å². The summed E-state index contributed by atoms with van der Waals surface area (Å²) in [5.41, 5.74) is 0. The van der Waals surface area contributed by atoms with E-state index in [1.54, 1.807) is 18.2 Å². The lowest BCUT2D eigenvalue weighted by Crippen LogP contribution is -2.38. The van der Waals surface area contributed by atoms with Crippen molar-refractivity contribution in [3.05, 3.63) is 39.9 Å². The summed E-state index contributed by atoms with van der Waals surface area (Å²) in [5, 5.41) is 8.51. The Bertz CT molecular complexity index is 829. The van der Waals surface area contributed by atoms with Crippen molar-refractivity contribution in [2.75, 3.05) is 19.7 Å². The first-order valence-corrected chi connectivity index (χ1v) is 10.6. The fraction of sp³-hybridized carbons (Fsp3) is 0.550. The van der Waals surface area contributed by atoms with E-state index < -0.39 is 0 Å². The molecule has 0 atom stereocenters. The van der Waals surface area contributed by atoms with Crippen LogP contribution in [-0.2, 0) is 4.79 Å². The largest absolute Gasteiger partial charge is 0.492 e. The molecule has 1 saturated carbocycles. The number of aromatic amines is 1. The second kappa shape index (κ2) is 8.70. The topological polar surface area (TPSA) is 71.1 Å². The molecule has 6 nitrogen and oxygen atoms in total. The van der Waals surface area contributed by atoms with Crippen LogP contribution in [0.3, 0.4) is 0 Å². The fourth-order valence-electron chi connectivity index (χ4n) is 3.55. The molecule has 2 aliphatic rings. The minimum atomic E-state index is 0.181. The van der Waals surface area contributed by atoms with E-state index >= 15 is 0 Å². The third kappa shape index (κ3) is 4.78. The second-order valence-corrected chi connectivity index (χ2v) is 8.38. The summed E-state index contributed by atoms with van der Waals surface area (Å²) in [4.78, 5) is 19.1. The van der Waals surface area contributed by atoms with E-state index in [-0.39, 0.29) is 5.91 Å². The van der Waals surface area contributed by atoms with Crippen LogP contribution in [0.4, 0.5) is 0 Å². The van der Waals surface area contributed by atoms with Crippen LogP contribution >= 0.6 is 23.2 Å². The zero-order valence-electron chi connectivity index (χ0n) is 15.7. The summed E-state index contributed by atoms with van der Waals surface area (Å²) in [7, 11) is 0. The predicted molar refractivity (Wildman–Crippen MR) is 108 cm³/mol. The molecule has 2 fully saturated rings. The number of likely N-dealkylation sites (tertiary alicyclic amines) is 1. The summed E-state index contributed by atoms with van der Waals surface area (Å²) in [5.74, 6) is 3.67. The Kier molecular flexibility index (Phi) is 6.07. The van der Waals surface area contributed by atoms with Gasteiger partial charge in [-0.15, -0.1) is 0 Å². The maximum Gasteiger partial charge on any atom is 0.222 e. The number of hydrogen-bond acceptors (Lipinski definition) is 4. The molecule has 1 saturated heterocycles. The normalized spacial score (nSPS) is 17.7. The van der Waals surface area contributed by atoms with Crippen LogP contribution in [0.25, 0.3) is 0 Å². The van der Waals surface area contributed by atoms with Gasteiger partial charge in [0.25, 0.3) is 0 Å². The molecule has 28 heavy (non-hydrogen) atoms. The first-order chi connectivity index (χ1) is 13.6. The van der Waals surface area contributed by atoms with Crippen molar-refractivity contribution in [2.45, 2.75) is 50.4 Å². The molecule has 8 heteroatoms. The molecule has 1 aliphatic heterocycles. The number of ether oxygens (including phenoxy) is 1. The molecule has 0 spiro atoms. The number of aromatic nitrogens is 3. The highest BCUT2D eigenvalue weighted by Crippen LogP contribution is 2.38. The Labute approximate surface area is 174 Å². The summed E-state index contributed by atoms with van der Waals surface area (Å²) < 4.78 is 5.65. The van der Waals surface area contributed by atoms with E-state index in [0.29, 0.717) is 47.1 Å². The minimum Gasteiger partial charge on any atom is -0.492 e. The third-order valence-electron chi connectivity index (χ3n) is 5.38. The van der Waals surface area contributed by atoms with Crippen molar-refractivity contribution in [3.8, 4) is 5.75 Å². The Morgan fingerprint density at radius 1 is 1.18 bits per heavy atom. The van der Waals surface area contributed by atoms with Gasteiger partial charge >= 0.3 is 0 Å². The number of amides is 1. The van der Waals surface area contributed by atoms with Crippen LogP contribution in [-0.4, -0.2) is 45.7 Å². The Morgan fingerprint density at radius 3 is 2.68 bits per heavy atom. The molecule has 2 aromatic rings. The van der Waals surface area contributed by atoms with Crippen molar-refractivity contribution in [1.29, 1.82) is 0 Å². The van der Waals surface area contributed by atoms with Crippen LogP contribution < -0.4 is 4.74 Å². The fourth-order valence-corrected chi connectivity index (χ4v) is 4.02. The number of nitrogens with zero attached hydrogens (tertiary/aromatic N) is 3. The second-order valence-electron chi connectivity index (χ2n) is 7.53. The van der Waals surface area contributed by atoms with Crippen LogP contribution in [0.2, 0.25) is 10.0 Å². The lowest BCUT2D eigenvalue weighted by atomic mass is 9.96. The highest BCUT2D eigenvalue weighted by Gasteiger charge is 2.30. The van der Waals surface area contributed by atoms with Gasteiger partial charge in [0.2, 0.25) is 5.91 Å². The van der Waals surface area contributed by atoms with Gasteiger partial charge in [0.1, 0.15) is 11.6 Å². The van der Waals surface area contributed by atoms with Crippen molar-refractivity contribution in [2.24, 2.45) is 0 Å². The van der Waals surface area contributed by atoms with E-state index in [9.17, 15) is 4.79 Å². The van der Waals surface area contributed by atoms with Crippen molar-refractivity contribution >= 4 is 29.1 Å². The highest BCUT2D eigenvalue weighted by molar-refractivity contribution is 6.35. The number of piperidine rings is 1. The summed E-state index contributed by atoms with van der Waals surface area (Å²) in [6.07, 6.45) is 5.41. The highest BCUT2D eigenvalue weighted by atomic mass is 35.5. The Hall–Kier alpha value is -1.79. The van der Waals surface area contributed by atoms with Gasteiger partial charge in [0.15, 0.2) is 5.82 Å². The van der Waals surface area contributed by atoms with Crippen molar-refractivity contribution in [3.63, 3.8) is 0 Å². The van der Waals surface area contributed by atoms with Gasteiger partial charge in [0, 0.05) is 36.4 Å². The van der Waals surface area contributed by atoms with Gasteiger partial charge in [-0.1, -0.05) is 23.2 Å². The van der Waals surface area contributed by atoms with Gasteiger partial charge in [-0.05, 0) is 50.3 Å². The Balaban J connectivity index is 1.17. The van der Waals surface area contributed by atoms with E-state index in [4.69, 9.17) is 27.9 Å². The number of carbonyl (C=O) groups is 1. The average Bonchev–Trinajstić information content (AvgIpc) is 3.43. The molecule has 0 unspecified atom stereocenters. The molecule has 1 aromatic carbocycles. The molecule has 2 heterocycles. The summed E-state index contributed by atoms with van der Waals surface area (Å²) in [6.45, 7) is 1.99. The average molecular weight is 423 g/mol. The Morgan fingerprint density at radius 2 is 1.96 bits per heavy atom. The summed E-state index contributed by atoms with van der Waals surface area (Å²) in [6, 6.07) is 5.13. The molecule has 1 aromatic heterocycles. The van der Waals surface area contributed by atoms with Crippen LogP contribution in [0, 0.1) is 0 Å². The molecule has 4 rings (SSSR count). The molecule has 1 N–H and O–H groups in total. The molecular weight excluding hydrogens is 399 g/mol. The smallest absolute Gasteiger partial charge is 0.222 e. The maximum absolute atomic E-state index is 12.5. The van der Waals surface area contributed by atoms with Gasteiger partial charge in [0.05, 0.1) is 11.6 Å². The van der Waals surface area contributed by atoms with Crippen molar-refractivity contribution in [1.82, 2.24) is 20.1 Å². The molecule has 1 amide bonds.